The second-order valence-electron chi connectivity index (χ2n) is 8.75. The fourth-order valence-electron chi connectivity index (χ4n) is 4.12. The Morgan fingerprint density at radius 1 is 0.639 bits per heavy atom. The van der Waals surface area contributed by atoms with Crippen LogP contribution in [-0.2, 0) is 28.5 Å². The predicted octanol–water partition coefficient (Wildman–Crippen LogP) is 4.52. The van der Waals surface area contributed by atoms with E-state index in [4.69, 9.17) is 28.4 Å². The maximum absolute atomic E-state index is 11.5. The van der Waals surface area contributed by atoms with Crippen molar-refractivity contribution in [1.82, 2.24) is 0 Å². The van der Waals surface area contributed by atoms with Crippen molar-refractivity contribution in [3.63, 3.8) is 0 Å². The number of benzene rings is 3. The summed E-state index contributed by atoms with van der Waals surface area (Å²) >= 11 is 0. The van der Waals surface area contributed by atoms with E-state index in [2.05, 4.69) is 0 Å². The highest BCUT2D eigenvalue weighted by atomic mass is 16.6. The van der Waals surface area contributed by atoms with Crippen molar-refractivity contribution < 1.29 is 38.0 Å². The Kier molecular flexibility index (Phi) is 9.50. The number of hydrogen-bond donors (Lipinski definition) is 0. The summed E-state index contributed by atoms with van der Waals surface area (Å²) in [7, 11) is 3.10. The van der Waals surface area contributed by atoms with Crippen molar-refractivity contribution >= 4 is 33.5 Å². The van der Waals surface area contributed by atoms with Crippen LogP contribution in [0, 0.1) is 13.8 Å². The van der Waals surface area contributed by atoms with Crippen molar-refractivity contribution in [1.29, 1.82) is 0 Å². The number of carbonyl (C=O) groups excluding carboxylic acids is 2. The molecule has 0 aliphatic carbocycles. The minimum absolute atomic E-state index is 0.127. The molecule has 0 saturated carbocycles. The van der Waals surface area contributed by atoms with Crippen molar-refractivity contribution in [3.8, 4) is 11.5 Å². The molecule has 0 aliphatic rings. The van der Waals surface area contributed by atoms with Gasteiger partial charge in [0.25, 0.3) is 0 Å². The van der Waals surface area contributed by atoms with Crippen LogP contribution in [0.1, 0.15) is 25.0 Å². The SMILES string of the molecule is COCC(COc1c2ccc(C)cc2c(OCC(COC)OC(C)=O)c2ccc(C)cc12)OC(C)=O. The molecule has 36 heavy (non-hydrogen) atoms. The Labute approximate surface area is 211 Å². The maximum Gasteiger partial charge on any atom is 0.303 e. The number of hydrogen-bond acceptors (Lipinski definition) is 8. The second kappa shape index (κ2) is 12.6. The number of fused-ring (bicyclic) bond motifs is 2. The van der Waals surface area contributed by atoms with Gasteiger partial charge in [-0.3, -0.25) is 9.59 Å². The van der Waals surface area contributed by atoms with Crippen LogP contribution in [0.2, 0.25) is 0 Å². The quantitative estimate of drug-likeness (QED) is 0.266. The minimum Gasteiger partial charge on any atom is -0.488 e. The lowest BCUT2D eigenvalue weighted by Crippen LogP contribution is -2.29. The van der Waals surface area contributed by atoms with E-state index in [0.29, 0.717) is 11.5 Å². The summed E-state index contributed by atoms with van der Waals surface area (Å²) in [6.07, 6.45) is -1.11. The topological polar surface area (TPSA) is 89.5 Å². The molecule has 8 nitrogen and oxygen atoms in total. The first kappa shape index (κ1) is 27.2. The van der Waals surface area contributed by atoms with Crippen molar-refractivity contribution in [3.05, 3.63) is 47.5 Å². The molecule has 0 aliphatic heterocycles. The molecule has 3 aromatic carbocycles. The number of methoxy groups -OCH3 is 2. The monoisotopic (exact) mass is 498 g/mol. The molecule has 0 heterocycles. The second-order valence-corrected chi connectivity index (χ2v) is 8.75. The smallest absolute Gasteiger partial charge is 0.303 e. The van der Waals surface area contributed by atoms with E-state index in [9.17, 15) is 9.59 Å². The molecule has 0 N–H and O–H groups in total. The molecule has 0 bridgehead atoms. The maximum atomic E-state index is 11.5. The first-order valence-electron chi connectivity index (χ1n) is 11.8. The normalized spacial score (nSPS) is 12.8. The summed E-state index contributed by atoms with van der Waals surface area (Å²) in [6, 6.07) is 12.1. The minimum atomic E-state index is -0.553. The van der Waals surface area contributed by atoms with Crippen LogP contribution in [0.15, 0.2) is 36.4 Å². The third-order valence-electron chi connectivity index (χ3n) is 5.53. The lowest BCUT2D eigenvalue weighted by atomic mass is 9.97. The Balaban J connectivity index is 2.10. The molecule has 0 radical (unpaired) electrons. The summed E-state index contributed by atoms with van der Waals surface area (Å²) < 4.78 is 33.7. The average Bonchev–Trinajstić information content (AvgIpc) is 2.80. The fourth-order valence-corrected chi connectivity index (χ4v) is 4.12. The number of aryl methyl sites for hydroxylation is 2. The van der Waals surface area contributed by atoms with Crippen molar-refractivity contribution in [2.75, 3.05) is 40.6 Å². The third kappa shape index (κ3) is 6.86. The number of esters is 2. The molecule has 0 fully saturated rings. The highest BCUT2D eigenvalue weighted by Gasteiger charge is 2.21. The summed E-state index contributed by atoms with van der Waals surface area (Å²) in [5.74, 6) is 0.531. The third-order valence-corrected chi connectivity index (χ3v) is 5.53. The van der Waals surface area contributed by atoms with Crippen LogP contribution in [0.25, 0.3) is 21.5 Å². The van der Waals surface area contributed by atoms with Crippen LogP contribution in [-0.4, -0.2) is 64.8 Å². The van der Waals surface area contributed by atoms with Crippen molar-refractivity contribution in [2.24, 2.45) is 0 Å². The van der Waals surface area contributed by atoms with E-state index in [1.165, 1.54) is 13.8 Å². The lowest BCUT2D eigenvalue weighted by molar-refractivity contribution is -0.151. The van der Waals surface area contributed by atoms with Gasteiger partial charge < -0.3 is 28.4 Å². The summed E-state index contributed by atoms with van der Waals surface area (Å²) in [6.45, 7) is 7.41. The van der Waals surface area contributed by atoms with E-state index in [1.54, 1.807) is 14.2 Å². The average molecular weight is 499 g/mol. The van der Waals surface area contributed by atoms with E-state index < -0.39 is 24.1 Å². The molecule has 3 aromatic rings. The molecule has 0 spiro atoms. The molecule has 3 rings (SSSR count). The summed E-state index contributed by atoms with van der Waals surface area (Å²) in [4.78, 5) is 23.1. The molecular weight excluding hydrogens is 464 g/mol. The van der Waals surface area contributed by atoms with Gasteiger partial charge >= 0.3 is 11.9 Å². The molecule has 2 unspecified atom stereocenters. The van der Waals surface area contributed by atoms with E-state index in [-0.39, 0.29) is 26.4 Å². The number of ether oxygens (including phenoxy) is 6. The molecule has 8 heteroatoms. The Morgan fingerprint density at radius 2 is 1.03 bits per heavy atom. The zero-order valence-corrected chi connectivity index (χ0v) is 21.7. The molecular formula is C28H34O8. The van der Waals surface area contributed by atoms with Gasteiger partial charge in [-0.1, -0.05) is 35.4 Å². The predicted molar refractivity (Wildman–Crippen MR) is 137 cm³/mol. The molecule has 0 aromatic heterocycles. The van der Waals surface area contributed by atoms with Gasteiger partial charge in [-0.25, -0.2) is 0 Å². The van der Waals surface area contributed by atoms with Gasteiger partial charge in [0.2, 0.25) is 0 Å². The number of carbonyl (C=O) groups is 2. The van der Waals surface area contributed by atoms with E-state index in [0.717, 1.165) is 32.7 Å². The molecule has 194 valence electrons. The van der Waals surface area contributed by atoms with Gasteiger partial charge in [0.1, 0.15) is 24.7 Å². The summed E-state index contributed by atoms with van der Waals surface area (Å²) in [5, 5.41) is 3.42. The standard InChI is InChI=1S/C28H34O8/c1-17-7-9-23-25(11-17)27(33-15-21(13-31-5)35-19(3)29)24-10-8-18(2)12-26(24)28(23)34-16-22(14-32-6)36-20(4)30/h7-12,21-22H,13-16H2,1-6H3. The van der Waals surface area contributed by atoms with Gasteiger partial charge in [0.05, 0.1) is 13.2 Å². The summed E-state index contributed by atoms with van der Waals surface area (Å²) in [5.41, 5.74) is 2.10. The van der Waals surface area contributed by atoms with Gasteiger partial charge in [0, 0.05) is 49.6 Å². The van der Waals surface area contributed by atoms with Gasteiger partial charge in [-0.05, 0) is 26.0 Å². The van der Waals surface area contributed by atoms with E-state index in [1.807, 2.05) is 50.2 Å². The molecule has 0 amide bonds. The zero-order valence-electron chi connectivity index (χ0n) is 21.7. The van der Waals surface area contributed by atoms with Crippen LogP contribution < -0.4 is 9.47 Å². The molecule has 2 atom stereocenters. The van der Waals surface area contributed by atoms with Gasteiger partial charge in [-0.15, -0.1) is 0 Å². The highest BCUT2D eigenvalue weighted by Crippen LogP contribution is 2.43. The van der Waals surface area contributed by atoms with Crippen LogP contribution in [0.5, 0.6) is 11.5 Å². The van der Waals surface area contributed by atoms with Crippen LogP contribution in [0.4, 0.5) is 0 Å². The van der Waals surface area contributed by atoms with E-state index >= 15 is 0 Å². The van der Waals surface area contributed by atoms with Crippen molar-refractivity contribution in [2.45, 2.75) is 39.9 Å². The Hall–Kier alpha value is -3.36. The number of rotatable bonds is 12. The van der Waals surface area contributed by atoms with Gasteiger partial charge in [-0.2, -0.15) is 0 Å². The largest absolute Gasteiger partial charge is 0.488 e. The highest BCUT2D eigenvalue weighted by molar-refractivity contribution is 6.11. The fraction of sp³-hybridized carbons (Fsp3) is 0.429. The van der Waals surface area contributed by atoms with Gasteiger partial charge in [0.15, 0.2) is 12.2 Å². The zero-order chi connectivity index (χ0) is 26.2. The first-order chi connectivity index (χ1) is 17.2. The first-order valence-corrected chi connectivity index (χ1v) is 11.8. The Morgan fingerprint density at radius 3 is 1.36 bits per heavy atom. The van der Waals surface area contributed by atoms with Crippen LogP contribution >= 0.6 is 0 Å². The molecule has 0 saturated heterocycles. The Bertz CT molecular complexity index is 1120. The van der Waals surface area contributed by atoms with Crippen LogP contribution in [0.3, 0.4) is 0 Å². The lowest BCUT2D eigenvalue weighted by Gasteiger charge is -2.22.